The quantitative estimate of drug-likeness (QED) is 0.204. The predicted molar refractivity (Wildman–Crippen MR) is 162 cm³/mol. The number of aromatic hydroxyl groups is 2. The molecule has 2 N–H and O–H groups in total. The van der Waals surface area contributed by atoms with Gasteiger partial charge in [0.25, 0.3) is 0 Å². The number of aromatic nitrogens is 1. The summed E-state index contributed by atoms with van der Waals surface area (Å²) in [5, 5.41) is 26.4. The highest BCUT2D eigenvalue weighted by Crippen LogP contribution is 2.41. The third-order valence-corrected chi connectivity index (χ3v) is 7.37. The van der Waals surface area contributed by atoms with E-state index in [0.717, 1.165) is 49.6 Å². The highest BCUT2D eigenvalue weighted by Gasteiger charge is 2.19. The molecule has 1 aliphatic heterocycles. The number of rotatable bonds is 0. The van der Waals surface area contributed by atoms with Gasteiger partial charge in [0.2, 0.25) is 0 Å². The molecule has 0 spiro atoms. The molecule has 6 bridgehead atoms. The number of hydrogen-bond acceptors (Lipinski definition) is 7. The van der Waals surface area contributed by atoms with Crippen LogP contribution < -0.4 is 9.47 Å². The maximum absolute atomic E-state index is 11.3. The number of nitrogens with zero attached hydrogens (tertiary/aromatic N) is 1. The highest BCUT2D eigenvalue weighted by atomic mass is 16.5. The SMILES string of the molecule is C=C1Cc2c(O)c(cc3ccccc23)OCCOCc2cccc(n2)COCCOc2cc3ccccc3c(c2O)C1. The van der Waals surface area contributed by atoms with Crippen LogP contribution in [0, 0.1) is 0 Å². The molecule has 6 rings (SSSR count). The van der Waals surface area contributed by atoms with Crippen LogP contribution in [-0.2, 0) is 35.5 Å². The molecular weight excluding hydrogens is 530 g/mol. The van der Waals surface area contributed by atoms with Gasteiger partial charge >= 0.3 is 0 Å². The van der Waals surface area contributed by atoms with Gasteiger partial charge in [0, 0.05) is 11.1 Å². The van der Waals surface area contributed by atoms with Crippen LogP contribution in [0.5, 0.6) is 23.0 Å². The van der Waals surface area contributed by atoms with Crippen LogP contribution in [0.3, 0.4) is 0 Å². The summed E-state index contributed by atoms with van der Waals surface area (Å²) in [6, 6.07) is 25.2. The van der Waals surface area contributed by atoms with Crippen LogP contribution >= 0.6 is 0 Å². The van der Waals surface area contributed by atoms with Gasteiger partial charge in [0.15, 0.2) is 23.0 Å². The van der Waals surface area contributed by atoms with Gasteiger partial charge in [-0.1, -0.05) is 66.7 Å². The first-order valence-corrected chi connectivity index (χ1v) is 14.1. The minimum Gasteiger partial charge on any atom is -0.504 e. The molecule has 4 aromatic carbocycles. The number of phenolic OH excluding ortho intramolecular Hbond substituents is 2. The summed E-state index contributed by atoms with van der Waals surface area (Å²) in [5.74, 6) is 0.946. The number of fused-ring (bicyclic) bond motifs is 10. The molecule has 0 radical (unpaired) electrons. The monoisotopic (exact) mass is 563 g/mol. The molecule has 7 nitrogen and oxygen atoms in total. The Morgan fingerprint density at radius 2 is 1.07 bits per heavy atom. The molecule has 5 aromatic rings. The number of hydrogen-bond donors (Lipinski definition) is 2. The number of phenols is 2. The van der Waals surface area contributed by atoms with E-state index in [1.54, 1.807) is 0 Å². The van der Waals surface area contributed by atoms with Crippen LogP contribution in [0.25, 0.3) is 21.5 Å². The molecule has 7 heteroatoms. The molecule has 0 saturated carbocycles. The van der Waals surface area contributed by atoms with E-state index in [1.165, 1.54) is 0 Å². The average molecular weight is 564 g/mol. The van der Waals surface area contributed by atoms with Crippen molar-refractivity contribution in [2.45, 2.75) is 26.1 Å². The standard InChI is InChI=1S/C35H33NO6/c1-23-17-30-28-11-4-2-7-24(28)19-32(34(30)37)41-15-13-39-21-26-9-6-10-27(36-26)22-40-14-16-42-33-20-25-8-3-5-12-29(25)31(18-23)35(33)38/h2-12,19-20,37-38H,1,13-18,21-22H2. The van der Waals surface area contributed by atoms with E-state index in [1.807, 2.05) is 78.9 Å². The fourth-order valence-electron chi connectivity index (χ4n) is 5.37. The Bertz CT molecular complexity index is 1630. The minimum atomic E-state index is 0.0810. The molecule has 0 fully saturated rings. The lowest BCUT2D eigenvalue weighted by atomic mass is 9.92. The number of allylic oxidation sites excluding steroid dienone is 1. The molecule has 0 aliphatic carbocycles. The van der Waals surface area contributed by atoms with Crippen LogP contribution in [0.2, 0.25) is 0 Å². The lowest BCUT2D eigenvalue weighted by Gasteiger charge is -2.18. The Kier molecular flexibility index (Phi) is 8.21. The van der Waals surface area contributed by atoms with Crippen molar-refractivity contribution in [2.24, 2.45) is 0 Å². The largest absolute Gasteiger partial charge is 0.504 e. The van der Waals surface area contributed by atoms with E-state index in [4.69, 9.17) is 18.9 Å². The van der Waals surface area contributed by atoms with Gasteiger partial charge in [0.05, 0.1) is 37.8 Å². The van der Waals surface area contributed by atoms with Gasteiger partial charge in [-0.15, -0.1) is 0 Å². The second-order valence-corrected chi connectivity index (χ2v) is 10.4. The number of pyridine rings is 1. The van der Waals surface area contributed by atoms with Crippen molar-refractivity contribution in [1.82, 2.24) is 4.98 Å². The Balaban J connectivity index is 1.36. The average Bonchev–Trinajstić information content (AvgIpc) is 3.00. The van der Waals surface area contributed by atoms with Crippen molar-refractivity contribution < 1.29 is 29.2 Å². The van der Waals surface area contributed by atoms with Crippen molar-refractivity contribution in [3.63, 3.8) is 0 Å². The van der Waals surface area contributed by atoms with E-state index in [0.29, 0.717) is 50.8 Å². The molecule has 2 heterocycles. The molecule has 1 aliphatic rings. The molecule has 1 aromatic heterocycles. The summed E-state index contributed by atoms with van der Waals surface area (Å²) in [6.45, 7) is 6.21. The smallest absolute Gasteiger partial charge is 0.161 e. The van der Waals surface area contributed by atoms with Gasteiger partial charge in [0.1, 0.15) is 13.2 Å². The molecule has 214 valence electrons. The minimum absolute atomic E-state index is 0.0810. The molecular formula is C35H33NO6. The Morgan fingerprint density at radius 3 is 1.57 bits per heavy atom. The van der Waals surface area contributed by atoms with Gasteiger partial charge in [-0.25, -0.2) is 0 Å². The van der Waals surface area contributed by atoms with Crippen molar-refractivity contribution in [3.8, 4) is 23.0 Å². The van der Waals surface area contributed by atoms with E-state index in [-0.39, 0.29) is 24.7 Å². The first-order chi connectivity index (χ1) is 20.6. The van der Waals surface area contributed by atoms with Crippen molar-refractivity contribution in [2.75, 3.05) is 26.4 Å². The van der Waals surface area contributed by atoms with Gasteiger partial charge in [-0.05, 0) is 58.7 Å². The summed E-state index contributed by atoms with van der Waals surface area (Å²) >= 11 is 0. The Labute approximate surface area is 244 Å². The Morgan fingerprint density at radius 1 is 0.595 bits per heavy atom. The van der Waals surface area contributed by atoms with Gasteiger partial charge in [-0.2, -0.15) is 0 Å². The summed E-state index contributed by atoms with van der Waals surface area (Å²) < 4.78 is 23.6. The van der Waals surface area contributed by atoms with E-state index in [2.05, 4.69) is 11.6 Å². The van der Waals surface area contributed by atoms with Gasteiger partial charge < -0.3 is 29.2 Å². The van der Waals surface area contributed by atoms with Crippen molar-refractivity contribution >= 4 is 21.5 Å². The Hall–Kier alpha value is -4.59. The maximum atomic E-state index is 11.3. The van der Waals surface area contributed by atoms with Gasteiger partial charge in [-0.3, -0.25) is 4.98 Å². The summed E-state index contributed by atoms with van der Waals surface area (Å²) in [4.78, 5) is 4.61. The summed E-state index contributed by atoms with van der Waals surface area (Å²) in [6.07, 6.45) is 0.795. The highest BCUT2D eigenvalue weighted by molar-refractivity contribution is 5.91. The zero-order chi connectivity index (χ0) is 28.9. The number of ether oxygens (including phenoxy) is 4. The molecule has 0 amide bonds. The molecule has 0 unspecified atom stereocenters. The molecule has 42 heavy (non-hydrogen) atoms. The molecule has 0 saturated heterocycles. The summed E-state index contributed by atoms with van der Waals surface area (Å²) in [5.41, 5.74) is 3.86. The third-order valence-electron chi connectivity index (χ3n) is 7.37. The first kappa shape index (κ1) is 27.6. The second kappa shape index (κ2) is 12.5. The zero-order valence-corrected chi connectivity index (χ0v) is 23.3. The fourth-order valence-corrected chi connectivity index (χ4v) is 5.37. The normalized spacial score (nSPS) is 15.3. The first-order valence-electron chi connectivity index (χ1n) is 14.1. The van der Waals surface area contributed by atoms with Crippen molar-refractivity contribution in [1.29, 1.82) is 0 Å². The maximum Gasteiger partial charge on any atom is 0.161 e. The predicted octanol–water partition coefficient (Wildman–Crippen LogP) is 6.65. The third kappa shape index (κ3) is 6.03. The van der Waals surface area contributed by atoms with Crippen LogP contribution in [-0.4, -0.2) is 41.6 Å². The fraction of sp³-hybridized carbons (Fsp3) is 0.229. The van der Waals surface area contributed by atoms with Crippen molar-refractivity contribution in [3.05, 3.63) is 114 Å². The van der Waals surface area contributed by atoms with Crippen LogP contribution in [0.15, 0.2) is 91.0 Å². The van der Waals surface area contributed by atoms with Crippen LogP contribution in [0.4, 0.5) is 0 Å². The van der Waals surface area contributed by atoms with E-state index >= 15 is 0 Å². The van der Waals surface area contributed by atoms with E-state index < -0.39 is 0 Å². The number of benzene rings is 4. The summed E-state index contributed by atoms with van der Waals surface area (Å²) in [7, 11) is 0. The van der Waals surface area contributed by atoms with Crippen LogP contribution in [0.1, 0.15) is 22.5 Å². The topological polar surface area (TPSA) is 90.3 Å². The lowest BCUT2D eigenvalue weighted by molar-refractivity contribution is 0.0811. The second-order valence-electron chi connectivity index (χ2n) is 10.4. The zero-order valence-electron chi connectivity index (χ0n) is 23.3. The lowest BCUT2D eigenvalue weighted by Crippen LogP contribution is -2.10. The molecule has 0 atom stereocenters. The van der Waals surface area contributed by atoms with E-state index in [9.17, 15) is 10.2 Å².